The van der Waals surface area contributed by atoms with Crippen molar-refractivity contribution in [3.05, 3.63) is 47.8 Å². The lowest BCUT2D eigenvalue weighted by Gasteiger charge is -2.22. The summed E-state index contributed by atoms with van der Waals surface area (Å²) in [7, 11) is 3.99. The van der Waals surface area contributed by atoms with E-state index in [1.165, 1.54) is 0 Å². The minimum atomic E-state index is -0.184. The zero-order valence-corrected chi connectivity index (χ0v) is 17.3. The monoisotopic (exact) mass is 414 g/mol. The van der Waals surface area contributed by atoms with E-state index in [1.54, 1.807) is 6.20 Å². The number of benzene rings is 1. The number of amides is 1. The molecule has 1 aromatic carbocycles. The predicted molar refractivity (Wildman–Crippen MR) is 111 cm³/mol. The summed E-state index contributed by atoms with van der Waals surface area (Å²) in [4.78, 5) is 14.7. The molecule has 0 spiro atoms. The van der Waals surface area contributed by atoms with E-state index < -0.39 is 0 Å². The Balaban J connectivity index is 0.00000182. The predicted octanol–water partition coefficient (Wildman–Crippen LogP) is 2.08. The van der Waals surface area contributed by atoms with Gasteiger partial charge in [0.05, 0.1) is 18.3 Å². The lowest BCUT2D eigenvalue weighted by atomic mass is 10.1. The molecule has 2 aromatic rings. The molecule has 0 bridgehead atoms. The maximum absolute atomic E-state index is 12.6. The first-order chi connectivity index (χ1) is 12.1. The van der Waals surface area contributed by atoms with Crippen molar-refractivity contribution in [2.24, 2.45) is 0 Å². The Morgan fingerprint density at radius 2 is 1.93 bits per heavy atom. The van der Waals surface area contributed by atoms with Crippen molar-refractivity contribution in [1.82, 2.24) is 30.5 Å². The zero-order valence-electron chi connectivity index (χ0n) is 15.7. The fourth-order valence-electron chi connectivity index (χ4n) is 3.15. The summed E-state index contributed by atoms with van der Waals surface area (Å²) >= 11 is 0. The van der Waals surface area contributed by atoms with Crippen LogP contribution in [0.25, 0.3) is 0 Å². The van der Waals surface area contributed by atoms with E-state index in [0.29, 0.717) is 11.7 Å². The Labute approximate surface area is 172 Å². The van der Waals surface area contributed by atoms with Crippen LogP contribution in [0.3, 0.4) is 0 Å². The minimum Gasteiger partial charge on any atom is -0.342 e. The van der Waals surface area contributed by atoms with Crippen LogP contribution in [-0.4, -0.2) is 59.5 Å². The third kappa shape index (κ3) is 6.46. The largest absolute Gasteiger partial charge is 0.342 e. The maximum Gasteiger partial charge on any atom is 0.273 e. The van der Waals surface area contributed by atoms with Crippen LogP contribution in [0.2, 0.25) is 0 Å². The van der Waals surface area contributed by atoms with E-state index in [0.717, 1.165) is 38.0 Å². The van der Waals surface area contributed by atoms with Gasteiger partial charge in [-0.05, 0) is 45.6 Å². The molecule has 2 N–H and O–H groups in total. The molecule has 7 nitrogen and oxygen atoms in total. The highest BCUT2D eigenvalue weighted by Gasteiger charge is 2.21. The molecule has 1 aliphatic rings. The van der Waals surface area contributed by atoms with Crippen LogP contribution in [0.15, 0.2) is 36.5 Å². The molecule has 0 aliphatic carbocycles. The summed E-state index contributed by atoms with van der Waals surface area (Å²) in [5.74, 6) is -0.184. The topological polar surface area (TPSA) is 75.1 Å². The molecule has 1 atom stereocenters. The molecular weight excluding hydrogens is 387 g/mol. The van der Waals surface area contributed by atoms with Crippen molar-refractivity contribution in [3.8, 4) is 0 Å². The van der Waals surface area contributed by atoms with E-state index in [1.807, 2.05) is 49.1 Å². The second kappa shape index (κ2) is 11.2. The van der Waals surface area contributed by atoms with Crippen LogP contribution in [0.1, 0.15) is 41.0 Å². The highest BCUT2D eigenvalue weighted by Crippen LogP contribution is 2.18. The lowest BCUT2D eigenvalue weighted by Crippen LogP contribution is -2.35. The number of hydrogen-bond donors (Lipinski definition) is 2. The summed E-state index contributed by atoms with van der Waals surface area (Å²) in [5, 5.41) is 14.7. The molecule has 3 rings (SSSR count). The number of aromatic nitrogens is 3. The Hall–Kier alpha value is -1.67. The van der Waals surface area contributed by atoms with Gasteiger partial charge in [-0.1, -0.05) is 35.5 Å². The van der Waals surface area contributed by atoms with Gasteiger partial charge in [-0.25, -0.2) is 4.68 Å². The molecule has 1 amide bonds. The fraction of sp³-hybridized carbons (Fsp3) is 0.500. The van der Waals surface area contributed by atoms with Gasteiger partial charge >= 0.3 is 0 Å². The van der Waals surface area contributed by atoms with Crippen molar-refractivity contribution in [3.63, 3.8) is 0 Å². The standard InChI is InChI=1S/C18H26N6O.2ClH/c1-23(2)12-16(14-6-4-3-5-7-14)20-18(25)17-13-24(22-21-17)15-8-10-19-11-9-15;;/h3-7,13,15-16,19H,8-12H2,1-2H3,(H,20,25);2*1H. The van der Waals surface area contributed by atoms with Crippen LogP contribution >= 0.6 is 24.8 Å². The molecule has 27 heavy (non-hydrogen) atoms. The third-order valence-electron chi connectivity index (χ3n) is 4.48. The van der Waals surface area contributed by atoms with Gasteiger partial charge in [0.25, 0.3) is 5.91 Å². The first-order valence-electron chi connectivity index (χ1n) is 8.76. The number of rotatable bonds is 6. The van der Waals surface area contributed by atoms with Crippen LogP contribution < -0.4 is 10.6 Å². The number of likely N-dealkylation sites (N-methyl/N-ethyl adjacent to an activating group) is 1. The van der Waals surface area contributed by atoms with E-state index in [9.17, 15) is 4.79 Å². The van der Waals surface area contributed by atoms with Gasteiger partial charge in [0.1, 0.15) is 0 Å². The van der Waals surface area contributed by atoms with Crippen LogP contribution in [0, 0.1) is 0 Å². The van der Waals surface area contributed by atoms with Gasteiger partial charge in [-0.2, -0.15) is 0 Å². The van der Waals surface area contributed by atoms with Gasteiger partial charge in [0.2, 0.25) is 0 Å². The second-order valence-electron chi connectivity index (χ2n) is 6.76. The van der Waals surface area contributed by atoms with Gasteiger partial charge < -0.3 is 15.5 Å². The van der Waals surface area contributed by atoms with Gasteiger partial charge in [-0.3, -0.25) is 4.79 Å². The SMILES string of the molecule is CN(C)CC(NC(=O)c1cn(C2CCNCC2)nn1)c1ccccc1.Cl.Cl. The van der Waals surface area contributed by atoms with Crippen molar-refractivity contribution in [1.29, 1.82) is 0 Å². The summed E-state index contributed by atoms with van der Waals surface area (Å²) in [6.07, 6.45) is 3.79. The maximum atomic E-state index is 12.6. The molecule has 1 fully saturated rings. The minimum absolute atomic E-state index is 0. The number of halogens is 2. The van der Waals surface area contributed by atoms with Crippen LogP contribution in [-0.2, 0) is 0 Å². The van der Waals surface area contributed by atoms with Crippen molar-refractivity contribution >= 4 is 30.7 Å². The molecule has 0 radical (unpaired) electrons. The molecular formula is C18H28Cl2N6O. The number of carbonyl (C=O) groups excluding carboxylic acids is 1. The molecule has 1 aromatic heterocycles. The highest BCUT2D eigenvalue weighted by molar-refractivity contribution is 5.92. The van der Waals surface area contributed by atoms with E-state index >= 15 is 0 Å². The summed E-state index contributed by atoms with van der Waals surface area (Å²) in [6.45, 7) is 2.67. The molecule has 150 valence electrons. The van der Waals surface area contributed by atoms with Gasteiger partial charge in [0, 0.05) is 6.54 Å². The molecule has 1 aliphatic heterocycles. The molecule has 0 saturated carbocycles. The first-order valence-corrected chi connectivity index (χ1v) is 8.76. The lowest BCUT2D eigenvalue weighted by molar-refractivity contribution is 0.0924. The number of nitrogens with zero attached hydrogens (tertiary/aromatic N) is 4. The normalized spacial score (nSPS) is 15.5. The Morgan fingerprint density at radius 1 is 1.26 bits per heavy atom. The Morgan fingerprint density at radius 3 is 2.56 bits per heavy atom. The molecule has 1 unspecified atom stereocenters. The van der Waals surface area contributed by atoms with E-state index in [-0.39, 0.29) is 36.8 Å². The zero-order chi connectivity index (χ0) is 17.6. The van der Waals surface area contributed by atoms with Gasteiger partial charge in [-0.15, -0.1) is 29.9 Å². The first kappa shape index (κ1) is 23.4. The summed E-state index contributed by atoms with van der Waals surface area (Å²) in [5.41, 5.74) is 1.45. The molecule has 1 saturated heterocycles. The summed E-state index contributed by atoms with van der Waals surface area (Å²) < 4.78 is 1.83. The van der Waals surface area contributed by atoms with E-state index in [2.05, 4.69) is 25.8 Å². The van der Waals surface area contributed by atoms with E-state index in [4.69, 9.17) is 0 Å². The van der Waals surface area contributed by atoms with Crippen molar-refractivity contribution < 1.29 is 4.79 Å². The smallest absolute Gasteiger partial charge is 0.273 e. The Kier molecular flexibility index (Phi) is 9.73. The second-order valence-corrected chi connectivity index (χ2v) is 6.76. The van der Waals surface area contributed by atoms with Crippen LogP contribution in [0.4, 0.5) is 0 Å². The fourth-order valence-corrected chi connectivity index (χ4v) is 3.15. The molecule has 2 heterocycles. The Bertz CT molecular complexity index is 688. The van der Waals surface area contributed by atoms with Gasteiger partial charge in [0.15, 0.2) is 5.69 Å². The number of carbonyl (C=O) groups is 1. The number of nitrogens with one attached hydrogen (secondary N) is 2. The average molecular weight is 415 g/mol. The highest BCUT2D eigenvalue weighted by atomic mass is 35.5. The van der Waals surface area contributed by atoms with Crippen molar-refractivity contribution in [2.75, 3.05) is 33.7 Å². The van der Waals surface area contributed by atoms with Crippen LogP contribution in [0.5, 0.6) is 0 Å². The number of piperidine rings is 1. The third-order valence-corrected chi connectivity index (χ3v) is 4.48. The quantitative estimate of drug-likeness (QED) is 0.756. The van der Waals surface area contributed by atoms with Crippen molar-refractivity contribution in [2.45, 2.75) is 24.9 Å². The average Bonchev–Trinajstić information content (AvgIpc) is 3.12. The number of hydrogen-bond acceptors (Lipinski definition) is 5. The summed E-state index contributed by atoms with van der Waals surface area (Å²) in [6, 6.07) is 10.2. The molecule has 9 heteroatoms.